The molecule has 0 radical (unpaired) electrons. The van der Waals surface area contributed by atoms with E-state index in [1.165, 1.54) is 18.2 Å². The maximum Gasteiger partial charge on any atom is 0.310 e. The second-order valence-electron chi connectivity index (χ2n) is 5.57. The Morgan fingerprint density at radius 1 is 1.26 bits per heavy atom. The van der Waals surface area contributed by atoms with Gasteiger partial charge in [0.2, 0.25) is 0 Å². The molecule has 1 rings (SSSR count). The van der Waals surface area contributed by atoms with E-state index in [9.17, 15) is 4.79 Å². The molecule has 130 valence electrons. The van der Waals surface area contributed by atoms with Crippen LogP contribution in [0.4, 0.5) is 0 Å². The van der Waals surface area contributed by atoms with Crippen LogP contribution in [0.15, 0.2) is 29.3 Å². The van der Waals surface area contributed by atoms with Gasteiger partial charge >= 0.3 is 5.97 Å². The van der Waals surface area contributed by atoms with Gasteiger partial charge in [-0.3, -0.25) is 9.79 Å². The van der Waals surface area contributed by atoms with Crippen molar-refractivity contribution in [3.8, 4) is 0 Å². The van der Waals surface area contributed by atoms with E-state index in [2.05, 4.69) is 53.7 Å². The van der Waals surface area contributed by atoms with Crippen LogP contribution in [0, 0.1) is 12.8 Å². The van der Waals surface area contributed by atoms with Gasteiger partial charge in [0.25, 0.3) is 0 Å². The molecule has 2 atom stereocenters. The lowest BCUT2D eigenvalue weighted by atomic mass is 9.99. The Bertz CT molecular complexity index is 520. The Morgan fingerprint density at radius 3 is 2.48 bits per heavy atom. The summed E-state index contributed by atoms with van der Waals surface area (Å²) in [6, 6.07) is 8.50. The number of benzene rings is 1. The summed E-state index contributed by atoms with van der Waals surface area (Å²) in [5.41, 5.74) is 2.56. The number of nitrogens with zero attached hydrogens (tertiary/aromatic N) is 1. The van der Waals surface area contributed by atoms with Crippen LogP contribution in [0.25, 0.3) is 0 Å². The van der Waals surface area contributed by atoms with Crippen LogP contribution in [0.3, 0.4) is 0 Å². The number of aryl methyl sites for hydroxylation is 1. The first-order valence-electron chi connectivity index (χ1n) is 7.56. The number of carbonyl (C=O) groups excluding carboxylic acids is 1. The van der Waals surface area contributed by atoms with E-state index < -0.39 is 0 Å². The highest BCUT2D eigenvalue weighted by molar-refractivity contribution is 14.0. The average Bonchev–Trinajstić information content (AvgIpc) is 2.53. The number of halogens is 1. The third-order valence-corrected chi connectivity index (χ3v) is 3.59. The quantitative estimate of drug-likeness (QED) is 0.314. The van der Waals surface area contributed by atoms with Gasteiger partial charge in [0.1, 0.15) is 0 Å². The van der Waals surface area contributed by atoms with E-state index in [-0.39, 0.29) is 35.9 Å². The number of hydrogen-bond acceptors (Lipinski definition) is 3. The van der Waals surface area contributed by atoms with Crippen molar-refractivity contribution in [3.05, 3.63) is 35.4 Å². The number of hydrogen-bond donors (Lipinski definition) is 2. The number of carbonyl (C=O) groups is 1. The molecule has 0 fully saturated rings. The Balaban J connectivity index is 0.00000484. The van der Waals surface area contributed by atoms with Gasteiger partial charge in [-0.1, -0.05) is 43.7 Å². The molecule has 0 aliphatic rings. The van der Waals surface area contributed by atoms with Crippen LogP contribution in [0.1, 0.15) is 30.9 Å². The van der Waals surface area contributed by atoms with Crippen molar-refractivity contribution in [1.29, 1.82) is 0 Å². The average molecular weight is 433 g/mol. The minimum atomic E-state index is -0.226. The largest absolute Gasteiger partial charge is 0.469 e. The number of ether oxygens (including phenoxy) is 1. The Morgan fingerprint density at radius 2 is 1.91 bits per heavy atom. The smallest absolute Gasteiger partial charge is 0.310 e. The summed E-state index contributed by atoms with van der Waals surface area (Å²) in [7, 11) is 3.12. The molecule has 5 nitrogen and oxygen atoms in total. The highest BCUT2D eigenvalue weighted by atomic mass is 127. The van der Waals surface area contributed by atoms with Crippen molar-refractivity contribution in [3.63, 3.8) is 0 Å². The molecule has 0 aliphatic heterocycles. The zero-order chi connectivity index (χ0) is 16.5. The predicted octanol–water partition coefficient (Wildman–Crippen LogP) is 2.69. The minimum Gasteiger partial charge on any atom is -0.469 e. The topological polar surface area (TPSA) is 62.7 Å². The number of methoxy groups -OCH3 is 1. The monoisotopic (exact) mass is 433 g/mol. The first kappa shape index (κ1) is 21.7. The molecule has 0 aliphatic carbocycles. The number of esters is 1. The summed E-state index contributed by atoms with van der Waals surface area (Å²) in [6.45, 7) is 7.35. The molecule has 0 saturated heterocycles. The second-order valence-corrected chi connectivity index (χ2v) is 5.57. The van der Waals surface area contributed by atoms with Crippen LogP contribution < -0.4 is 10.6 Å². The maximum absolute atomic E-state index is 11.4. The fourth-order valence-corrected chi connectivity index (χ4v) is 2.10. The summed E-state index contributed by atoms with van der Waals surface area (Å²) in [4.78, 5) is 15.5. The van der Waals surface area contributed by atoms with E-state index in [1.807, 2.05) is 6.92 Å². The van der Waals surface area contributed by atoms with E-state index in [0.29, 0.717) is 18.4 Å². The van der Waals surface area contributed by atoms with Gasteiger partial charge in [0.05, 0.1) is 13.0 Å². The number of nitrogens with one attached hydrogen (secondary N) is 2. The van der Waals surface area contributed by atoms with Gasteiger partial charge in [0.15, 0.2) is 5.96 Å². The lowest BCUT2D eigenvalue weighted by Crippen LogP contribution is -2.42. The molecular formula is C17H28IN3O2. The summed E-state index contributed by atoms with van der Waals surface area (Å²) in [6.07, 6.45) is 0. The number of guanidine groups is 1. The lowest BCUT2D eigenvalue weighted by molar-refractivity contribution is -0.144. The first-order valence-corrected chi connectivity index (χ1v) is 7.56. The summed E-state index contributed by atoms with van der Waals surface area (Å²) < 4.78 is 4.71. The highest BCUT2D eigenvalue weighted by Gasteiger charge is 2.13. The van der Waals surface area contributed by atoms with Gasteiger partial charge < -0.3 is 15.4 Å². The van der Waals surface area contributed by atoms with Crippen molar-refractivity contribution in [2.45, 2.75) is 26.7 Å². The van der Waals surface area contributed by atoms with Crippen LogP contribution in [-0.4, -0.2) is 39.2 Å². The fourth-order valence-electron chi connectivity index (χ4n) is 2.10. The summed E-state index contributed by atoms with van der Waals surface area (Å²) in [5.74, 6) is 0.626. The first-order chi connectivity index (χ1) is 10.5. The standard InChI is InChI=1S/C17H27N3O2.HI/c1-12-7-6-8-15(9-12)13(2)10-19-17(18-4)20-11-14(3)16(21)22-5;/h6-9,13-14H,10-11H2,1-5H3,(H2,18,19,20);1H. The van der Waals surface area contributed by atoms with Crippen molar-refractivity contribution < 1.29 is 9.53 Å². The second kappa shape index (κ2) is 11.3. The van der Waals surface area contributed by atoms with E-state index in [0.717, 1.165) is 6.54 Å². The normalized spacial score (nSPS) is 13.5. The van der Waals surface area contributed by atoms with Crippen LogP contribution in [0.5, 0.6) is 0 Å². The Hall–Kier alpha value is -1.31. The Labute approximate surface area is 156 Å². The van der Waals surface area contributed by atoms with E-state index >= 15 is 0 Å². The number of rotatable bonds is 6. The van der Waals surface area contributed by atoms with Crippen LogP contribution in [0.2, 0.25) is 0 Å². The van der Waals surface area contributed by atoms with Gasteiger partial charge in [0, 0.05) is 20.1 Å². The molecule has 2 N–H and O–H groups in total. The molecule has 0 amide bonds. The van der Waals surface area contributed by atoms with E-state index in [4.69, 9.17) is 4.74 Å². The molecule has 1 aromatic carbocycles. The third-order valence-electron chi connectivity index (χ3n) is 3.59. The molecule has 6 heteroatoms. The minimum absolute atomic E-state index is 0. The molecule has 0 spiro atoms. The van der Waals surface area contributed by atoms with Gasteiger partial charge in [-0.15, -0.1) is 24.0 Å². The molecule has 0 aromatic heterocycles. The fraction of sp³-hybridized carbons (Fsp3) is 0.529. The van der Waals surface area contributed by atoms with Crippen molar-refractivity contribution >= 4 is 35.9 Å². The van der Waals surface area contributed by atoms with Crippen LogP contribution in [-0.2, 0) is 9.53 Å². The van der Waals surface area contributed by atoms with Crippen LogP contribution >= 0.6 is 24.0 Å². The van der Waals surface area contributed by atoms with Gasteiger partial charge in [-0.05, 0) is 18.4 Å². The third kappa shape index (κ3) is 7.67. The van der Waals surface area contributed by atoms with E-state index in [1.54, 1.807) is 7.05 Å². The van der Waals surface area contributed by atoms with Crippen molar-refractivity contribution in [2.24, 2.45) is 10.9 Å². The molecule has 0 bridgehead atoms. The molecule has 23 heavy (non-hydrogen) atoms. The Kier molecular flexibility index (Phi) is 10.6. The zero-order valence-electron chi connectivity index (χ0n) is 14.6. The molecule has 0 heterocycles. The van der Waals surface area contributed by atoms with Crippen molar-refractivity contribution in [2.75, 3.05) is 27.2 Å². The number of aliphatic imine (C=N–C) groups is 1. The SMILES string of the molecule is CN=C(NCC(C)C(=O)OC)NCC(C)c1cccc(C)c1.I. The highest BCUT2D eigenvalue weighted by Crippen LogP contribution is 2.15. The molecular weight excluding hydrogens is 405 g/mol. The molecule has 2 unspecified atom stereocenters. The summed E-state index contributed by atoms with van der Waals surface area (Å²) in [5, 5.41) is 6.43. The van der Waals surface area contributed by atoms with Crippen molar-refractivity contribution in [1.82, 2.24) is 10.6 Å². The predicted molar refractivity (Wildman–Crippen MR) is 106 cm³/mol. The lowest BCUT2D eigenvalue weighted by Gasteiger charge is -2.18. The zero-order valence-corrected chi connectivity index (χ0v) is 16.9. The van der Waals surface area contributed by atoms with Gasteiger partial charge in [-0.2, -0.15) is 0 Å². The molecule has 0 saturated carbocycles. The maximum atomic E-state index is 11.4. The summed E-state index contributed by atoms with van der Waals surface area (Å²) >= 11 is 0. The van der Waals surface area contributed by atoms with Gasteiger partial charge in [-0.25, -0.2) is 0 Å². The molecule has 1 aromatic rings.